The van der Waals surface area contributed by atoms with E-state index in [0.717, 1.165) is 11.0 Å². The van der Waals surface area contributed by atoms with Gasteiger partial charge in [0.05, 0.1) is 15.6 Å². The third-order valence-electron chi connectivity index (χ3n) is 4.58. The lowest BCUT2D eigenvalue weighted by Crippen LogP contribution is -2.22. The summed E-state index contributed by atoms with van der Waals surface area (Å²) in [6, 6.07) is 22.1. The van der Waals surface area contributed by atoms with Crippen molar-refractivity contribution in [2.75, 3.05) is 0 Å². The topological polar surface area (TPSA) is 77.7 Å². The molecule has 0 N–H and O–H groups in total. The molecule has 148 valence electrons. The molecule has 2 heterocycles. The molecule has 0 atom stereocenters. The Morgan fingerprint density at radius 3 is 2.43 bits per heavy atom. The van der Waals surface area contributed by atoms with Gasteiger partial charge in [-0.15, -0.1) is 0 Å². The van der Waals surface area contributed by atoms with Crippen molar-refractivity contribution < 1.29 is 12.6 Å². The standard InChI is InChI=1S/C22H14N2O4S2/c25-21-20(29-22-23-17-11-5-6-12-18(17)24(21)22)14-15-8-4-7-13-19(15)28-30(26,27)16-9-2-1-3-10-16/h1-14H. The van der Waals surface area contributed by atoms with Crippen LogP contribution in [0.15, 0.2) is 88.6 Å². The van der Waals surface area contributed by atoms with Crippen LogP contribution in [0.3, 0.4) is 0 Å². The van der Waals surface area contributed by atoms with E-state index in [1.165, 1.54) is 23.5 Å². The minimum absolute atomic E-state index is 0.0605. The number of hydrogen-bond donors (Lipinski definition) is 0. The number of hydrogen-bond acceptors (Lipinski definition) is 6. The first-order chi connectivity index (χ1) is 14.5. The molecule has 0 spiro atoms. The summed E-state index contributed by atoms with van der Waals surface area (Å²) in [5.41, 5.74) is 1.78. The van der Waals surface area contributed by atoms with Gasteiger partial charge in [-0.2, -0.15) is 8.42 Å². The van der Waals surface area contributed by atoms with Crippen LogP contribution in [0, 0.1) is 0 Å². The Morgan fingerprint density at radius 2 is 1.60 bits per heavy atom. The largest absolute Gasteiger partial charge is 0.378 e. The lowest BCUT2D eigenvalue weighted by Gasteiger charge is -2.09. The number of thiazole rings is 1. The first-order valence-corrected chi connectivity index (χ1v) is 11.3. The third-order valence-corrected chi connectivity index (χ3v) is 6.80. The highest BCUT2D eigenvalue weighted by molar-refractivity contribution is 7.87. The normalized spacial score (nSPS) is 12.6. The molecule has 0 saturated heterocycles. The summed E-state index contributed by atoms with van der Waals surface area (Å²) in [5.74, 6) is 0.150. The van der Waals surface area contributed by atoms with Crippen LogP contribution in [0.4, 0.5) is 0 Å². The molecule has 0 fully saturated rings. The Morgan fingerprint density at radius 1 is 0.900 bits per heavy atom. The average molecular weight is 434 g/mol. The number of imidazole rings is 1. The molecule has 8 heteroatoms. The van der Waals surface area contributed by atoms with Crippen molar-refractivity contribution in [3.8, 4) is 5.75 Å². The summed E-state index contributed by atoms with van der Waals surface area (Å²) in [7, 11) is -3.99. The third kappa shape index (κ3) is 3.16. The molecule has 5 aromatic rings. The van der Waals surface area contributed by atoms with Crippen LogP contribution in [0.1, 0.15) is 5.56 Å². The van der Waals surface area contributed by atoms with E-state index in [1.54, 1.807) is 52.9 Å². The number of aromatic nitrogens is 2. The van der Waals surface area contributed by atoms with Crippen molar-refractivity contribution in [1.82, 2.24) is 9.38 Å². The van der Waals surface area contributed by atoms with E-state index >= 15 is 0 Å². The van der Waals surface area contributed by atoms with Gasteiger partial charge in [0.2, 0.25) is 0 Å². The molecule has 0 aliphatic rings. The molecular weight excluding hydrogens is 420 g/mol. The van der Waals surface area contributed by atoms with Gasteiger partial charge in [-0.3, -0.25) is 4.79 Å². The van der Waals surface area contributed by atoms with Gasteiger partial charge in [-0.05, 0) is 36.4 Å². The molecule has 2 aromatic heterocycles. The van der Waals surface area contributed by atoms with Crippen LogP contribution in [-0.2, 0) is 10.1 Å². The highest BCUT2D eigenvalue weighted by atomic mass is 32.2. The van der Waals surface area contributed by atoms with Crippen molar-refractivity contribution in [2.24, 2.45) is 0 Å². The number of fused-ring (bicyclic) bond motifs is 3. The quantitative estimate of drug-likeness (QED) is 0.406. The highest BCUT2D eigenvalue weighted by Crippen LogP contribution is 2.24. The van der Waals surface area contributed by atoms with Gasteiger partial charge in [-0.1, -0.05) is 59.9 Å². The molecule has 0 aliphatic carbocycles. The zero-order valence-corrected chi connectivity index (χ0v) is 17.1. The Bertz CT molecular complexity index is 1600. The van der Waals surface area contributed by atoms with Crippen molar-refractivity contribution in [1.29, 1.82) is 0 Å². The molecule has 3 aromatic carbocycles. The maximum Gasteiger partial charge on any atom is 0.339 e. The number of rotatable bonds is 4. The van der Waals surface area contributed by atoms with Gasteiger partial charge in [-0.25, -0.2) is 9.38 Å². The van der Waals surface area contributed by atoms with E-state index in [2.05, 4.69) is 4.98 Å². The fourth-order valence-electron chi connectivity index (χ4n) is 3.18. The van der Waals surface area contributed by atoms with E-state index in [-0.39, 0.29) is 16.2 Å². The zero-order chi connectivity index (χ0) is 20.7. The van der Waals surface area contributed by atoms with Gasteiger partial charge < -0.3 is 4.18 Å². The molecule has 0 aliphatic heterocycles. The van der Waals surface area contributed by atoms with E-state index in [0.29, 0.717) is 15.1 Å². The summed E-state index contributed by atoms with van der Waals surface area (Å²) in [5, 5.41) is 0. The summed E-state index contributed by atoms with van der Waals surface area (Å²) in [6.07, 6.45) is 1.63. The van der Waals surface area contributed by atoms with Gasteiger partial charge in [0.15, 0.2) is 4.96 Å². The molecule has 5 rings (SSSR count). The monoisotopic (exact) mass is 434 g/mol. The Hall–Kier alpha value is -3.49. The van der Waals surface area contributed by atoms with Crippen molar-refractivity contribution in [2.45, 2.75) is 4.90 Å². The minimum atomic E-state index is -3.99. The number of nitrogens with zero attached hydrogens (tertiary/aromatic N) is 2. The second-order valence-corrected chi connectivity index (χ2v) is 9.08. The predicted molar refractivity (Wildman–Crippen MR) is 116 cm³/mol. The van der Waals surface area contributed by atoms with Crippen LogP contribution in [-0.4, -0.2) is 17.8 Å². The maximum atomic E-state index is 13.0. The Labute approximate surface area is 175 Å². The smallest absolute Gasteiger partial charge is 0.339 e. The van der Waals surface area contributed by atoms with Crippen LogP contribution in [0.2, 0.25) is 0 Å². The van der Waals surface area contributed by atoms with Crippen LogP contribution in [0.25, 0.3) is 22.1 Å². The molecule has 0 unspecified atom stereocenters. The van der Waals surface area contributed by atoms with Crippen molar-refractivity contribution >= 4 is 43.5 Å². The minimum Gasteiger partial charge on any atom is -0.378 e. The van der Waals surface area contributed by atoms with Gasteiger partial charge in [0.1, 0.15) is 10.6 Å². The summed E-state index contributed by atoms with van der Waals surface area (Å²) < 4.78 is 32.6. The molecule has 30 heavy (non-hydrogen) atoms. The van der Waals surface area contributed by atoms with E-state index in [4.69, 9.17) is 4.18 Å². The zero-order valence-electron chi connectivity index (χ0n) is 15.4. The SMILES string of the molecule is O=c1c(=Cc2ccccc2OS(=O)(=O)c2ccccc2)sc2nc3ccccc3n12. The van der Waals surface area contributed by atoms with E-state index < -0.39 is 10.1 Å². The molecule has 0 radical (unpaired) electrons. The second-order valence-electron chi connectivity index (χ2n) is 6.52. The summed E-state index contributed by atoms with van der Waals surface area (Å²) in [6.45, 7) is 0. The summed E-state index contributed by atoms with van der Waals surface area (Å²) in [4.78, 5) is 18.1. The van der Waals surface area contributed by atoms with Gasteiger partial charge >= 0.3 is 10.1 Å². The molecular formula is C22H14N2O4S2. The van der Waals surface area contributed by atoms with Crippen LogP contribution >= 0.6 is 11.3 Å². The van der Waals surface area contributed by atoms with Crippen LogP contribution < -0.4 is 14.3 Å². The van der Waals surface area contributed by atoms with Gasteiger partial charge in [0, 0.05) is 5.56 Å². The fraction of sp³-hybridized carbons (Fsp3) is 0. The predicted octanol–water partition coefficient (Wildman–Crippen LogP) is 3.22. The fourth-order valence-corrected chi connectivity index (χ4v) is 5.13. The van der Waals surface area contributed by atoms with E-state index in [9.17, 15) is 13.2 Å². The first-order valence-electron chi connectivity index (χ1n) is 9.03. The lowest BCUT2D eigenvalue weighted by molar-refractivity contribution is 0.485. The summed E-state index contributed by atoms with van der Waals surface area (Å²) >= 11 is 1.25. The molecule has 0 saturated carbocycles. The number of benzene rings is 3. The Kier molecular flexibility index (Phi) is 4.38. The molecule has 0 amide bonds. The molecule has 6 nitrogen and oxygen atoms in total. The van der Waals surface area contributed by atoms with Crippen molar-refractivity contribution in [3.05, 3.63) is 99.3 Å². The first kappa shape index (κ1) is 18.5. The highest BCUT2D eigenvalue weighted by Gasteiger charge is 2.18. The average Bonchev–Trinajstić information content (AvgIpc) is 3.26. The van der Waals surface area contributed by atoms with E-state index in [1.807, 2.05) is 24.3 Å². The maximum absolute atomic E-state index is 13.0. The van der Waals surface area contributed by atoms with Crippen molar-refractivity contribution in [3.63, 3.8) is 0 Å². The van der Waals surface area contributed by atoms with Gasteiger partial charge in [0.25, 0.3) is 5.56 Å². The lowest BCUT2D eigenvalue weighted by atomic mass is 10.2. The number of para-hydroxylation sites is 3. The second kappa shape index (κ2) is 7.08. The van der Waals surface area contributed by atoms with Crippen LogP contribution in [0.5, 0.6) is 5.75 Å². The molecule has 0 bridgehead atoms. The Balaban J connectivity index is 1.62.